The zero-order valence-corrected chi connectivity index (χ0v) is 17.4. The number of nitrogens with one attached hydrogen (secondary N) is 1. The average Bonchev–Trinajstić information content (AvgIpc) is 3.61. The van der Waals surface area contributed by atoms with Crippen molar-refractivity contribution in [2.24, 2.45) is 0 Å². The van der Waals surface area contributed by atoms with Crippen molar-refractivity contribution >= 4 is 17.7 Å². The van der Waals surface area contributed by atoms with Crippen LogP contribution in [0.5, 0.6) is 5.75 Å². The molecule has 5 nitrogen and oxygen atoms in total. The summed E-state index contributed by atoms with van der Waals surface area (Å²) in [4.78, 5) is 17.0. The van der Waals surface area contributed by atoms with Crippen LogP contribution in [0.25, 0.3) is 22.4 Å². The number of nitrogens with zero attached hydrogens (tertiary/aromatic N) is 2. The Labute approximate surface area is 180 Å². The number of rotatable bonds is 7. The van der Waals surface area contributed by atoms with E-state index in [1.54, 1.807) is 7.11 Å². The number of para-hydroxylation sites is 1. The highest BCUT2D eigenvalue weighted by Gasteiger charge is 2.24. The van der Waals surface area contributed by atoms with E-state index in [1.807, 2.05) is 60.7 Å². The van der Waals surface area contributed by atoms with Gasteiger partial charge in [-0.05, 0) is 25.0 Å². The second kappa shape index (κ2) is 9.02. The number of amides is 1. The Morgan fingerprint density at radius 3 is 2.60 bits per heavy atom. The normalized spacial score (nSPS) is 12.8. The fourth-order valence-electron chi connectivity index (χ4n) is 3.20. The molecule has 1 heterocycles. The molecule has 1 aliphatic rings. The minimum absolute atomic E-state index is 0.0304. The number of carbonyl (C=O) groups excluding carboxylic acids is 1. The lowest BCUT2D eigenvalue weighted by molar-refractivity contribution is -0.118. The maximum atomic E-state index is 12.2. The van der Waals surface area contributed by atoms with Gasteiger partial charge in [-0.1, -0.05) is 60.3 Å². The van der Waals surface area contributed by atoms with Gasteiger partial charge in [-0.2, -0.15) is 5.26 Å². The van der Waals surface area contributed by atoms with E-state index in [9.17, 15) is 10.1 Å². The van der Waals surface area contributed by atoms with Gasteiger partial charge in [-0.15, -0.1) is 0 Å². The molecule has 150 valence electrons. The molecular formula is C24H21N3O2S. The molecule has 0 bridgehead atoms. The molecule has 3 aromatic rings. The van der Waals surface area contributed by atoms with Crippen LogP contribution in [0.1, 0.15) is 18.4 Å². The quantitative estimate of drug-likeness (QED) is 0.568. The Hall–Kier alpha value is -3.30. The van der Waals surface area contributed by atoms with E-state index in [2.05, 4.69) is 11.4 Å². The molecule has 1 aliphatic carbocycles. The molecule has 30 heavy (non-hydrogen) atoms. The van der Waals surface area contributed by atoms with E-state index in [-0.39, 0.29) is 11.7 Å². The number of hydrogen-bond donors (Lipinski definition) is 1. The molecule has 4 rings (SSSR count). The number of thioether (sulfide) groups is 1. The van der Waals surface area contributed by atoms with Gasteiger partial charge in [0.1, 0.15) is 16.8 Å². The van der Waals surface area contributed by atoms with Crippen LogP contribution < -0.4 is 10.1 Å². The first-order valence-electron chi connectivity index (χ1n) is 9.75. The minimum atomic E-state index is -0.0304. The van der Waals surface area contributed by atoms with Crippen LogP contribution in [0, 0.1) is 11.3 Å². The maximum absolute atomic E-state index is 12.2. The van der Waals surface area contributed by atoms with Gasteiger partial charge in [0.2, 0.25) is 5.91 Å². The number of carbonyl (C=O) groups is 1. The highest BCUT2D eigenvalue weighted by molar-refractivity contribution is 8.00. The van der Waals surface area contributed by atoms with E-state index < -0.39 is 0 Å². The predicted octanol–water partition coefficient (Wildman–Crippen LogP) is 4.67. The van der Waals surface area contributed by atoms with E-state index in [4.69, 9.17) is 9.72 Å². The van der Waals surface area contributed by atoms with Crippen LogP contribution >= 0.6 is 11.8 Å². The number of nitriles is 1. The molecule has 0 radical (unpaired) electrons. The van der Waals surface area contributed by atoms with Crippen molar-refractivity contribution in [2.75, 3.05) is 12.9 Å². The first kappa shape index (κ1) is 20.0. The van der Waals surface area contributed by atoms with Crippen molar-refractivity contribution in [1.82, 2.24) is 10.3 Å². The van der Waals surface area contributed by atoms with Crippen molar-refractivity contribution in [1.29, 1.82) is 5.26 Å². The molecule has 1 aromatic heterocycles. The number of pyridine rings is 1. The third kappa shape index (κ3) is 4.47. The highest BCUT2D eigenvalue weighted by Crippen LogP contribution is 2.38. The van der Waals surface area contributed by atoms with E-state index in [0.717, 1.165) is 35.2 Å². The lowest BCUT2D eigenvalue weighted by atomic mass is 9.98. The van der Waals surface area contributed by atoms with Gasteiger partial charge in [0.05, 0.1) is 24.1 Å². The Kier molecular flexibility index (Phi) is 6.01. The fraction of sp³-hybridized carbons (Fsp3) is 0.208. The topological polar surface area (TPSA) is 75.0 Å². The fourth-order valence-corrected chi connectivity index (χ4v) is 4.02. The molecule has 0 unspecified atom stereocenters. The molecule has 0 atom stereocenters. The summed E-state index contributed by atoms with van der Waals surface area (Å²) in [7, 11) is 1.61. The highest BCUT2D eigenvalue weighted by atomic mass is 32.2. The summed E-state index contributed by atoms with van der Waals surface area (Å²) in [6.45, 7) is 0. The molecule has 0 saturated heterocycles. The van der Waals surface area contributed by atoms with Gasteiger partial charge < -0.3 is 10.1 Å². The molecular weight excluding hydrogens is 394 g/mol. The molecule has 2 aromatic carbocycles. The summed E-state index contributed by atoms with van der Waals surface area (Å²) >= 11 is 1.29. The van der Waals surface area contributed by atoms with E-state index in [1.165, 1.54) is 11.8 Å². The molecule has 0 aliphatic heterocycles. The van der Waals surface area contributed by atoms with Crippen LogP contribution in [0.4, 0.5) is 0 Å². The van der Waals surface area contributed by atoms with Crippen molar-refractivity contribution in [3.05, 3.63) is 66.2 Å². The maximum Gasteiger partial charge on any atom is 0.230 e. The minimum Gasteiger partial charge on any atom is -0.496 e. The first-order valence-corrected chi connectivity index (χ1v) is 10.7. The number of methoxy groups -OCH3 is 1. The van der Waals surface area contributed by atoms with Crippen LogP contribution in [-0.2, 0) is 4.79 Å². The Morgan fingerprint density at radius 2 is 1.90 bits per heavy atom. The average molecular weight is 416 g/mol. The van der Waals surface area contributed by atoms with Crippen LogP contribution in [-0.4, -0.2) is 29.8 Å². The molecule has 0 spiro atoms. The number of ether oxygens (including phenoxy) is 1. The zero-order chi connectivity index (χ0) is 20.9. The Bertz CT molecular complexity index is 1110. The second-order valence-electron chi connectivity index (χ2n) is 7.04. The van der Waals surface area contributed by atoms with Gasteiger partial charge in [0.15, 0.2) is 0 Å². The smallest absolute Gasteiger partial charge is 0.230 e. The van der Waals surface area contributed by atoms with Gasteiger partial charge in [0.25, 0.3) is 0 Å². The summed E-state index contributed by atoms with van der Waals surface area (Å²) in [5.74, 6) is 0.876. The summed E-state index contributed by atoms with van der Waals surface area (Å²) in [5.41, 5.74) is 3.71. The van der Waals surface area contributed by atoms with Gasteiger partial charge in [0, 0.05) is 22.7 Å². The Morgan fingerprint density at radius 1 is 1.17 bits per heavy atom. The standard InChI is InChI=1S/C24H21N3O2S/c1-29-22-10-6-5-9-18(22)19-13-21(16-7-3-2-4-8-16)27-24(20(19)14-25)30-15-23(28)26-17-11-12-17/h2-10,13,17H,11-12,15H2,1H3,(H,26,28). The van der Waals surface area contributed by atoms with Crippen molar-refractivity contribution in [3.63, 3.8) is 0 Å². The third-order valence-corrected chi connectivity index (χ3v) is 5.82. The molecule has 1 amide bonds. The van der Waals surface area contributed by atoms with E-state index >= 15 is 0 Å². The summed E-state index contributed by atoms with van der Waals surface area (Å²) in [6, 6.07) is 21.9. The molecule has 1 N–H and O–H groups in total. The largest absolute Gasteiger partial charge is 0.496 e. The van der Waals surface area contributed by atoms with Crippen LogP contribution in [0.2, 0.25) is 0 Å². The number of hydrogen-bond acceptors (Lipinski definition) is 5. The Balaban J connectivity index is 1.79. The van der Waals surface area contributed by atoms with Crippen molar-refractivity contribution in [2.45, 2.75) is 23.9 Å². The summed E-state index contributed by atoms with van der Waals surface area (Å²) in [5, 5.41) is 13.5. The monoisotopic (exact) mass is 415 g/mol. The van der Waals surface area contributed by atoms with Gasteiger partial charge in [-0.25, -0.2) is 4.98 Å². The third-order valence-electron chi connectivity index (χ3n) is 4.85. The molecule has 1 saturated carbocycles. The zero-order valence-electron chi connectivity index (χ0n) is 16.6. The van der Waals surface area contributed by atoms with Crippen LogP contribution in [0.15, 0.2) is 65.7 Å². The lowest BCUT2D eigenvalue weighted by Gasteiger charge is -2.14. The van der Waals surface area contributed by atoms with E-state index in [0.29, 0.717) is 22.4 Å². The second-order valence-corrected chi connectivity index (χ2v) is 8.01. The van der Waals surface area contributed by atoms with Gasteiger partial charge >= 0.3 is 0 Å². The lowest BCUT2D eigenvalue weighted by Crippen LogP contribution is -2.27. The summed E-state index contributed by atoms with van der Waals surface area (Å²) in [6.07, 6.45) is 2.08. The predicted molar refractivity (Wildman–Crippen MR) is 118 cm³/mol. The number of aromatic nitrogens is 1. The molecule has 6 heteroatoms. The SMILES string of the molecule is COc1ccccc1-c1cc(-c2ccccc2)nc(SCC(=O)NC2CC2)c1C#N. The summed E-state index contributed by atoms with van der Waals surface area (Å²) < 4.78 is 5.53. The first-order chi connectivity index (χ1) is 14.7. The number of benzene rings is 2. The van der Waals surface area contributed by atoms with Crippen molar-refractivity contribution < 1.29 is 9.53 Å². The van der Waals surface area contributed by atoms with Crippen LogP contribution in [0.3, 0.4) is 0 Å². The molecule has 1 fully saturated rings. The van der Waals surface area contributed by atoms with Crippen molar-refractivity contribution in [3.8, 4) is 34.2 Å². The van der Waals surface area contributed by atoms with Gasteiger partial charge in [-0.3, -0.25) is 4.79 Å².